The van der Waals surface area contributed by atoms with Gasteiger partial charge in [-0.1, -0.05) is 42.0 Å². The molecular formula is C19H18N4O4. The van der Waals surface area contributed by atoms with E-state index in [0.717, 1.165) is 16.7 Å². The molecule has 0 saturated heterocycles. The van der Waals surface area contributed by atoms with Crippen molar-refractivity contribution in [3.63, 3.8) is 0 Å². The first-order valence-electron chi connectivity index (χ1n) is 8.23. The van der Waals surface area contributed by atoms with Gasteiger partial charge in [0.2, 0.25) is 5.82 Å². The van der Waals surface area contributed by atoms with Gasteiger partial charge in [-0.15, -0.1) is 10.2 Å². The standard InChI is InChI=1S/C19H18N4O4/c1-13-3-7-15(8-4-13)18-20-22-23(21-18)11-17(24)27-12-14-5-9-16(10-6-14)19(25)26-2/h3-10H,11-12H2,1-2H3. The lowest BCUT2D eigenvalue weighted by Crippen LogP contribution is -2.15. The largest absolute Gasteiger partial charge is 0.465 e. The Hall–Kier alpha value is -3.55. The number of aryl methyl sites for hydroxylation is 1. The zero-order valence-electron chi connectivity index (χ0n) is 15.0. The number of rotatable bonds is 6. The molecule has 0 aliphatic carbocycles. The third-order valence-corrected chi connectivity index (χ3v) is 3.81. The van der Waals surface area contributed by atoms with Gasteiger partial charge in [-0.05, 0) is 29.8 Å². The molecule has 0 amide bonds. The minimum atomic E-state index is -0.486. The first kappa shape index (κ1) is 18.2. The van der Waals surface area contributed by atoms with Crippen LogP contribution in [-0.4, -0.2) is 39.3 Å². The predicted octanol–water partition coefficient (Wildman–Crippen LogP) is 2.18. The summed E-state index contributed by atoms with van der Waals surface area (Å²) in [7, 11) is 1.32. The topological polar surface area (TPSA) is 96.2 Å². The van der Waals surface area contributed by atoms with Crippen LogP contribution in [0.15, 0.2) is 48.5 Å². The van der Waals surface area contributed by atoms with Crippen molar-refractivity contribution in [2.75, 3.05) is 7.11 Å². The molecule has 0 saturated carbocycles. The van der Waals surface area contributed by atoms with Gasteiger partial charge in [0.25, 0.3) is 0 Å². The van der Waals surface area contributed by atoms with Gasteiger partial charge in [-0.3, -0.25) is 0 Å². The van der Waals surface area contributed by atoms with E-state index in [0.29, 0.717) is 11.4 Å². The summed E-state index contributed by atoms with van der Waals surface area (Å²) in [6, 6.07) is 14.3. The van der Waals surface area contributed by atoms with Crippen LogP contribution in [-0.2, 0) is 27.4 Å². The molecule has 3 aromatic rings. The second-order valence-corrected chi connectivity index (χ2v) is 5.86. The zero-order chi connectivity index (χ0) is 19.2. The van der Waals surface area contributed by atoms with Crippen molar-refractivity contribution in [1.82, 2.24) is 20.2 Å². The maximum atomic E-state index is 12.0. The molecule has 0 unspecified atom stereocenters. The van der Waals surface area contributed by atoms with Crippen molar-refractivity contribution in [1.29, 1.82) is 0 Å². The van der Waals surface area contributed by atoms with E-state index in [2.05, 4.69) is 20.1 Å². The van der Waals surface area contributed by atoms with Crippen LogP contribution >= 0.6 is 0 Å². The molecular weight excluding hydrogens is 348 g/mol. The molecule has 8 heteroatoms. The molecule has 27 heavy (non-hydrogen) atoms. The summed E-state index contributed by atoms with van der Waals surface area (Å²) in [5.74, 6) is -0.457. The highest BCUT2D eigenvalue weighted by atomic mass is 16.5. The second-order valence-electron chi connectivity index (χ2n) is 5.86. The molecule has 0 spiro atoms. The van der Waals surface area contributed by atoms with Crippen LogP contribution in [0, 0.1) is 6.92 Å². The predicted molar refractivity (Wildman–Crippen MR) is 95.6 cm³/mol. The minimum Gasteiger partial charge on any atom is -0.465 e. The van der Waals surface area contributed by atoms with E-state index >= 15 is 0 Å². The van der Waals surface area contributed by atoms with Gasteiger partial charge in [0.05, 0.1) is 12.7 Å². The zero-order valence-corrected chi connectivity index (χ0v) is 15.0. The van der Waals surface area contributed by atoms with Crippen LogP contribution in [0.2, 0.25) is 0 Å². The fraction of sp³-hybridized carbons (Fsp3) is 0.211. The molecule has 0 N–H and O–H groups in total. The van der Waals surface area contributed by atoms with E-state index in [1.54, 1.807) is 24.3 Å². The van der Waals surface area contributed by atoms with Gasteiger partial charge >= 0.3 is 11.9 Å². The molecule has 8 nitrogen and oxygen atoms in total. The van der Waals surface area contributed by atoms with Crippen molar-refractivity contribution < 1.29 is 19.1 Å². The lowest BCUT2D eigenvalue weighted by atomic mass is 10.1. The molecule has 2 aromatic carbocycles. The summed E-state index contributed by atoms with van der Waals surface area (Å²) in [4.78, 5) is 24.6. The second kappa shape index (κ2) is 8.22. The lowest BCUT2D eigenvalue weighted by Gasteiger charge is -2.05. The van der Waals surface area contributed by atoms with Crippen molar-refractivity contribution in [3.8, 4) is 11.4 Å². The Kier molecular flexibility index (Phi) is 5.55. The summed E-state index contributed by atoms with van der Waals surface area (Å²) in [5.41, 5.74) is 3.14. The van der Waals surface area contributed by atoms with Crippen LogP contribution in [0.25, 0.3) is 11.4 Å². The van der Waals surface area contributed by atoms with Crippen LogP contribution < -0.4 is 0 Å². The third kappa shape index (κ3) is 4.75. The smallest absolute Gasteiger partial charge is 0.337 e. The van der Waals surface area contributed by atoms with Gasteiger partial charge in [0.15, 0.2) is 6.54 Å². The average Bonchev–Trinajstić information content (AvgIpc) is 3.15. The Morgan fingerprint density at radius 3 is 2.41 bits per heavy atom. The SMILES string of the molecule is COC(=O)c1ccc(COC(=O)Cn2nnc(-c3ccc(C)cc3)n2)cc1. The van der Waals surface area contributed by atoms with Crippen molar-refractivity contribution in [2.24, 2.45) is 0 Å². The Balaban J connectivity index is 1.54. The van der Waals surface area contributed by atoms with E-state index in [9.17, 15) is 9.59 Å². The number of benzene rings is 2. The maximum absolute atomic E-state index is 12.0. The molecule has 3 rings (SSSR count). The Morgan fingerprint density at radius 1 is 1.04 bits per heavy atom. The lowest BCUT2D eigenvalue weighted by molar-refractivity contribution is -0.146. The van der Waals surface area contributed by atoms with Gasteiger partial charge < -0.3 is 9.47 Å². The van der Waals surface area contributed by atoms with E-state index in [1.807, 2.05) is 31.2 Å². The first-order chi connectivity index (χ1) is 13.0. The summed E-state index contributed by atoms with van der Waals surface area (Å²) in [6.45, 7) is 1.94. The molecule has 0 radical (unpaired) electrons. The van der Waals surface area contributed by atoms with Gasteiger partial charge in [0.1, 0.15) is 6.61 Å². The minimum absolute atomic E-state index is 0.0831. The highest BCUT2D eigenvalue weighted by molar-refractivity contribution is 5.89. The van der Waals surface area contributed by atoms with Crippen LogP contribution in [0.4, 0.5) is 0 Å². The van der Waals surface area contributed by atoms with E-state index in [-0.39, 0.29) is 13.2 Å². The summed E-state index contributed by atoms with van der Waals surface area (Å²) in [5, 5.41) is 12.0. The average molecular weight is 366 g/mol. The van der Waals surface area contributed by atoms with Crippen molar-refractivity contribution in [2.45, 2.75) is 20.1 Å². The number of ether oxygens (including phenoxy) is 2. The molecule has 0 fully saturated rings. The number of aromatic nitrogens is 4. The van der Waals surface area contributed by atoms with E-state index in [1.165, 1.54) is 11.9 Å². The quantitative estimate of drug-likeness (QED) is 0.617. The Labute approximate surface area is 155 Å². The molecule has 0 atom stereocenters. The van der Waals surface area contributed by atoms with Crippen LogP contribution in [0.3, 0.4) is 0 Å². The van der Waals surface area contributed by atoms with Gasteiger partial charge in [0, 0.05) is 5.56 Å². The first-order valence-corrected chi connectivity index (χ1v) is 8.23. The number of carbonyl (C=O) groups is 2. The molecule has 138 valence electrons. The highest BCUT2D eigenvalue weighted by Gasteiger charge is 2.11. The molecule has 1 heterocycles. The summed E-state index contributed by atoms with van der Waals surface area (Å²) >= 11 is 0. The van der Waals surface area contributed by atoms with Gasteiger partial charge in [-0.2, -0.15) is 4.80 Å². The number of methoxy groups -OCH3 is 1. The summed E-state index contributed by atoms with van der Waals surface area (Å²) < 4.78 is 9.84. The highest BCUT2D eigenvalue weighted by Crippen LogP contribution is 2.14. The number of esters is 2. The normalized spacial score (nSPS) is 10.4. The molecule has 1 aromatic heterocycles. The molecule has 0 bridgehead atoms. The number of tetrazole rings is 1. The molecule has 0 aliphatic heterocycles. The van der Waals surface area contributed by atoms with Crippen LogP contribution in [0.1, 0.15) is 21.5 Å². The number of nitrogens with zero attached hydrogens (tertiary/aromatic N) is 4. The van der Waals surface area contributed by atoms with Crippen molar-refractivity contribution >= 4 is 11.9 Å². The number of hydrogen-bond acceptors (Lipinski definition) is 7. The monoisotopic (exact) mass is 366 g/mol. The van der Waals surface area contributed by atoms with E-state index in [4.69, 9.17) is 4.74 Å². The fourth-order valence-corrected chi connectivity index (χ4v) is 2.31. The van der Waals surface area contributed by atoms with E-state index < -0.39 is 11.9 Å². The van der Waals surface area contributed by atoms with Crippen LogP contribution in [0.5, 0.6) is 0 Å². The Bertz CT molecular complexity index is 933. The maximum Gasteiger partial charge on any atom is 0.337 e. The third-order valence-electron chi connectivity index (χ3n) is 3.81. The number of carbonyl (C=O) groups excluding carboxylic acids is 2. The fourth-order valence-electron chi connectivity index (χ4n) is 2.31. The van der Waals surface area contributed by atoms with Crippen molar-refractivity contribution in [3.05, 3.63) is 65.2 Å². The van der Waals surface area contributed by atoms with Gasteiger partial charge in [-0.25, -0.2) is 9.59 Å². The summed E-state index contributed by atoms with van der Waals surface area (Å²) in [6.07, 6.45) is 0. The number of hydrogen-bond donors (Lipinski definition) is 0. The Morgan fingerprint density at radius 2 is 1.74 bits per heavy atom. The molecule has 0 aliphatic rings.